The Hall–Kier alpha value is -1.85. The molecule has 0 saturated heterocycles. The van der Waals surface area contributed by atoms with Crippen molar-refractivity contribution in [3.8, 4) is 0 Å². The molecule has 0 saturated carbocycles. The van der Waals surface area contributed by atoms with Crippen LogP contribution in [-0.4, -0.2) is 33.9 Å². The first-order valence-electron chi connectivity index (χ1n) is 5.29. The van der Waals surface area contributed by atoms with E-state index in [9.17, 15) is 9.59 Å². The third-order valence-corrected chi connectivity index (χ3v) is 2.70. The minimum atomic E-state index is -0.841. The number of carboxylic acids is 1. The van der Waals surface area contributed by atoms with E-state index in [0.717, 1.165) is 0 Å². The van der Waals surface area contributed by atoms with Crippen molar-refractivity contribution in [2.24, 2.45) is 13.0 Å². The zero-order valence-electron chi connectivity index (χ0n) is 10.1. The number of aliphatic carboxylic acids is 1. The van der Waals surface area contributed by atoms with Crippen LogP contribution in [0.15, 0.2) is 6.20 Å². The predicted molar refractivity (Wildman–Crippen MR) is 59.7 cm³/mol. The van der Waals surface area contributed by atoms with Crippen LogP contribution in [0.5, 0.6) is 0 Å². The maximum atomic E-state index is 11.4. The standard InChI is InChI=1S/C11H16N2O4/c1-7(10(14)15)4-5-9-8(11(16)17-3)6-12-13(9)2/h6-7H,4-5H2,1-3H3,(H,14,15). The summed E-state index contributed by atoms with van der Waals surface area (Å²) < 4.78 is 6.21. The first kappa shape index (κ1) is 13.2. The van der Waals surface area contributed by atoms with Gasteiger partial charge in [0.25, 0.3) is 0 Å². The highest BCUT2D eigenvalue weighted by atomic mass is 16.5. The number of aryl methyl sites for hydroxylation is 1. The van der Waals surface area contributed by atoms with Gasteiger partial charge >= 0.3 is 11.9 Å². The molecule has 0 fully saturated rings. The van der Waals surface area contributed by atoms with Gasteiger partial charge in [0.05, 0.1) is 24.9 Å². The Labute approximate surface area is 99.2 Å². The van der Waals surface area contributed by atoms with Crippen molar-refractivity contribution >= 4 is 11.9 Å². The molecule has 0 radical (unpaired) electrons. The van der Waals surface area contributed by atoms with E-state index >= 15 is 0 Å². The molecule has 0 bridgehead atoms. The molecule has 6 heteroatoms. The normalized spacial score (nSPS) is 12.2. The third kappa shape index (κ3) is 3.05. The third-order valence-electron chi connectivity index (χ3n) is 2.70. The number of nitrogens with zero attached hydrogens (tertiary/aromatic N) is 2. The lowest BCUT2D eigenvalue weighted by molar-refractivity contribution is -0.141. The van der Waals surface area contributed by atoms with Gasteiger partial charge in [0.2, 0.25) is 0 Å². The molecule has 94 valence electrons. The van der Waals surface area contributed by atoms with Crippen LogP contribution in [0, 0.1) is 5.92 Å². The number of carboxylic acid groups (broad SMARTS) is 1. The number of aromatic nitrogens is 2. The summed E-state index contributed by atoms with van der Waals surface area (Å²) in [5.41, 5.74) is 1.09. The summed E-state index contributed by atoms with van der Waals surface area (Å²) in [6, 6.07) is 0. The second-order valence-corrected chi connectivity index (χ2v) is 3.90. The van der Waals surface area contributed by atoms with Crippen LogP contribution >= 0.6 is 0 Å². The zero-order valence-corrected chi connectivity index (χ0v) is 10.1. The van der Waals surface area contributed by atoms with Gasteiger partial charge < -0.3 is 9.84 Å². The van der Waals surface area contributed by atoms with Gasteiger partial charge in [-0.1, -0.05) is 6.92 Å². The van der Waals surface area contributed by atoms with Gasteiger partial charge in [0.1, 0.15) is 5.56 Å². The quantitative estimate of drug-likeness (QED) is 0.772. The van der Waals surface area contributed by atoms with E-state index in [1.54, 1.807) is 18.7 Å². The lowest BCUT2D eigenvalue weighted by atomic mass is 10.0. The lowest BCUT2D eigenvalue weighted by Gasteiger charge is -2.07. The van der Waals surface area contributed by atoms with E-state index in [1.807, 2.05) is 0 Å². The summed E-state index contributed by atoms with van der Waals surface area (Å²) in [6.07, 6.45) is 2.37. The van der Waals surface area contributed by atoms with Gasteiger partial charge in [-0.25, -0.2) is 4.79 Å². The van der Waals surface area contributed by atoms with Gasteiger partial charge in [-0.3, -0.25) is 9.48 Å². The van der Waals surface area contributed by atoms with Crippen LogP contribution in [0.3, 0.4) is 0 Å². The molecule has 1 N–H and O–H groups in total. The van der Waals surface area contributed by atoms with Gasteiger partial charge in [-0.15, -0.1) is 0 Å². The van der Waals surface area contributed by atoms with E-state index in [0.29, 0.717) is 24.1 Å². The molecule has 1 aromatic rings. The Morgan fingerprint density at radius 3 is 2.76 bits per heavy atom. The van der Waals surface area contributed by atoms with Crippen molar-refractivity contribution in [1.82, 2.24) is 9.78 Å². The number of ether oxygens (including phenoxy) is 1. The fraction of sp³-hybridized carbons (Fsp3) is 0.545. The van der Waals surface area contributed by atoms with Crippen LogP contribution in [0.1, 0.15) is 29.4 Å². The van der Waals surface area contributed by atoms with E-state index in [4.69, 9.17) is 5.11 Å². The van der Waals surface area contributed by atoms with Crippen molar-refractivity contribution in [2.45, 2.75) is 19.8 Å². The Morgan fingerprint density at radius 1 is 1.59 bits per heavy atom. The summed E-state index contributed by atoms with van der Waals surface area (Å²) in [5, 5.41) is 12.8. The molecule has 1 unspecified atom stereocenters. The van der Waals surface area contributed by atoms with E-state index in [-0.39, 0.29) is 0 Å². The van der Waals surface area contributed by atoms with Crippen LogP contribution in [0.4, 0.5) is 0 Å². The van der Waals surface area contributed by atoms with Crippen LogP contribution in [0.2, 0.25) is 0 Å². The molecule has 0 aliphatic heterocycles. The molecule has 0 aromatic carbocycles. The molecule has 17 heavy (non-hydrogen) atoms. The Morgan fingerprint density at radius 2 is 2.24 bits per heavy atom. The summed E-state index contributed by atoms with van der Waals surface area (Å²) in [6.45, 7) is 1.64. The van der Waals surface area contributed by atoms with E-state index in [1.165, 1.54) is 13.3 Å². The second-order valence-electron chi connectivity index (χ2n) is 3.90. The molecule has 1 heterocycles. The zero-order chi connectivity index (χ0) is 13.0. The fourth-order valence-electron chi connectivity index (χ4n) is 1.52. The number of methoxy groups -OCH3 is 1. The maximum Gasteiger partial charge on any atom is 0.341 e. The van der Waals surface area contributed by atoms with Crippen LogP contribution < -0.4 is 0 Å². The highest BCUT2D eigenvalue weighted by Crippen LogP contribution is 2.14. The Kier molecular flexibility index (Phi) is 4.25. The average Bonchev–Trinajstić information content (AvgIpc) is 2.66. The lowest BCUT2D eigenvalue weighted by Crippen LogP contribution is -2.13. The average molecular weight is 240 g/mol. The van der Waals surface area contributed by atoms with Crippen molar-refractivity contribution in [3.05, 3.63) is 17.5 Å². The molecule has 1 atom stereocenters. The number of carbonyl (C=O) groups excluding carboxylic acids is 1. The molecule has 0 spiro atoms. The number of carbonyl (C=O) groups is 2. The van der Waals surface area contributed by atoms with Crippen molar-refractivity contribution in [2.75, 3.05) is 7.11 Å². The SMILES string of the molecule is COC(=O)c1cnn(C)c1CCC(C)C(=O)O. The predicted octanol–water partition coefficient (Wildman–Crippen LogP) is 0.860. The van der Waals surface area contributed by atoms with Crippen molar-refractivity contribution in [3.63, 3.8) is 0 Å². The minimum absolute atomic E-state index is 0.396. The van der Waals surface area contributed by atoms with Gasteiger partial charge in [-0.05, 0) is 12.8 Å². The smallest absolute Gasteiger partial charge is 0.341 e. The number of hydrogen-bond acceptors (Lipinski definition) is 4. The Balaban J connectivity index is 2.80. The van der Waals surface area contributed by atoms with Crippen molar-refractivity contribution in [1.29, 1.82) is 0 Å². The monoisotopic (exact) mass is 240 g/mol. The van der Waals surface area contributed by atoms with Crippen molar-refractivity contribution < 1.29 is 19.4 Å². The van der Waals surface area contributed by atoms with Gasteiger partial charge in [-0.2, -0.15) is 5.10 Å². The molecule has 1 rings (SSSR count). The number of rotatable bonds is 5. The van der Waals surface area contributed by atoms with Gasteiger partial charge in [0.15, 0.2) is 0 Å². The molecule has 0 aliphatic carbocycles. The summed E-state index contributed by atoms with van der Waals surface area (Å²) in [5.74, 6) is -1.74. The van der Waals surface area contributed by atoms with Gasteiger partial charge in [0, 0.05) is 7.05 Å². The molecular weight excluding hydrogens is 224 g/mol. The first-order valence-corrected chi connectivity index (χ1v) is 5.29. The highest BCUT2D eigenvalue weighted by molar-refractivity contribution is 5.90. The topological polar surface area (TPSA) is 81.4 Å². The minimum Gasteiger partial charge on any atom is -0.481 e. The summed E-state index contributed by atoms with van der Waals surface area (Å²) in [7, 11) is 3.02. The largest absolute Gasteiger partial charge is 0.481 e. The van der Waals surface area contributed by atoms with E-state index in [2.05, 4.69) is 9.84 Å². The summed E-state index contributed by atoms with van der Waals surface area (Å²) >= 11 is 0. The molecule has 1 aromatic heterocycles. The Bertz CT molecular complexity index is 425. The first-order chi connectivity index (χ1) is 7.97. The number of hydrogen-bond donors (Lipinski definition) is 1. The number of esters is 1. The summed E-state index contributed by atoms with van der Waals surface area (Å²) in [4.78, 5) is 22.1. The molecule has 0 aliphatic rings. The highest BCUT2D eigenvalue weighted by Gasteiger charge is 2.18. The fourth-order valence-corrected chi connectivity index (χ4v) is 1.52. The molecule has 6 nitrogen and oxygen atoms in total. The van der Waals surface area contributed by atoms with Crippen LogP contribution in [0.25, 0.3) is 0 Å². The second kappa shape index (κ2) is 5.47. The maximum absolute atomic E-state index is 11.4. The van der Waals surface area contributed by atoms with E-state index < -0.39 is 17.9 Å². The van der Waals surface area contributed by atoms with Crippen LogP contribution in [-0.2, 0) is 23.0 Å². The molecular formula is C11H16N2O4. The molecule has 0 amide bonds.